The molecular formula is C14H17Cl2NO2. The maximum absolute atomic E-state index is 11.9. The van der Waals surface area contributed by atoms with Crippen molar-refractivity contribution in [1.29, 1.82) is 0 Å². The highest BCUT2D eigenvalue weighted by Crippen LogP contribution is 2.63. The van der Waals surface area contributed by atoms with Gasteiger partial charge in [-0.25, -0.2) is 0 Å². The summed E-state index contributed by atoms with van der Waals surface area (Å²) in [5.41, 5.74) is 0.501. The predicted octanol–water partition coefficient (Wildman–Crippen LogP) is 2.94. The van der Waals surface area contributed by atoms with E-state index in [9.17, 15) is 4.79 Å². The molecule has 0 saturated heterocycles. The maximum Gasteiger partial charge on any atom is 0.229 e. The summed E-state index contributed by atoms with van der Waals surface area (Å²) in [6.07, 6.45) is 1.28. The van der Waals surface area contributed by atoms with Crippen LogP contribution in [-0.2, 0) is 11.2 Å². The molecule has 0 aromatic heterocycles. The Kier molecular flexibility index (Phi) is 3.98. The summed E-state index contributed by atoms with van der Waals surface area (Å²) in [6.45, 7) is 2.36. The number of carbonyl (C=O) groups is 1. The Bertz CT molecular complexity index is 473. The zero-order chi connectivity index (χ0) is 14.1. The van der Waals surface area contributed by atoms with Crippen LogP contribution in [0.3, 0.4) is 0 Å². The molecule has 2 rings (SSSR count). The number of hydrogen-bond acceptors (Lipinski definition) is 2. The molecule has 1 aliphatic carbocycles. The third kappa shape index (κ3) is 2.98. The summed E-state index contributed by atoms with van der Waals surface area (Å²) in [5.74, 6) is 0.748. The van der Waals surface area contributed by atoms with Gasteiger partial charge in [0, 0.05) is 6.54 Å². The molecule has 1 aromatic carbocycles. The molecule has 1 atom stereocenters. The van der Waals surface area contributed by atoms with Crippen LogP contribution in [0.5, 0.6) is 5.75 Å². The van der Waals surface area contributed by atoms with Crippen molar-refractivity contribution in [3.05, 3.63) is 29.8 Å². The molecule has 1 amide bonds. The predicted molar refractivity (Wildman–Crippen MR) is 76.9 cm³/mol. The van der Waals surface area contributed by atoms with Gasteiger partial charge in [-0.2, -0.15) is 0 Å². The molecule has 3 nitrogen and oxygen atoms in total. The number of carbonyl (C=O) groups excluding carboxylic acids is 1. The van der Waals surface area contributed by atoms with Crippen molar-refractivity contribution in [2.24, 2.45) is 5.41 Å². The minimum absolute atomic E-state index is 0.0778. The Hall–Kier alpha value is -0.930. The summed E-state index contributed by atoms with van der Waals surface area (Å²) in [5, 5.41) is 2.88. The van der Waals surface area contributed by atoms with E-state index >= 15 is 0 Å². The average molecular weight is 302 g/mol. The molecule has 104 valence electrons. The first-order valence-electron chi connectivity index (χ1n) is 6.18. The Balaban J connectivity index is 1.79. The number of amides is 1. The molecule has 0 aliphatic heterocycles. The van der Waals surface area contributed by atoms with Crippen LogP contribution in [0.1, 0.15) is 18.9 Å². The molecule has 5 heteroatoms. The SMILES string of the molecule is COc1ccc(CCNC(=O)C2(C)CC2(Cl)Cl)cc1. The van der Waals surface area contributed by atoms with Gasteiger partial charge in [-0.3, -0.25) is 4.79 Å². The molecule has 1 N–H and O–H groups in total. The van der Waals surface area contributed by atoms with Crippen LogP contribution >= 0.6 is 23.2 Å². The quantitative estimate of drug-likeness (QED) is 0.849. The van der Waals surface area contributed by atoms with Crippen LogP contribution in [0.2, 0.25) is 0 Å². The first-order valence-corrected chi connectivity index (χ1v) is 6.94. The standard InChI is InChI=1S/C14H17Cl2NO2/c1-13(9-14(13,15)16)12(18)17-8-7-10-3-5-11(19-2)6-4-10/h3-6H,7-9H2,1-2H3,(H,17,18). The third-order valence-corrected chi connectivity index (χ3v) is 4.72. The molecule has 0 radical (unpaired) electrons. The van der Waals surface area contributed by atoms with Gasteiger partial charge in [0.05, 0.1) is 12.5 Å². The van der Waals surface area contributed by atoms with Gasteiger partial charge in [0.15, 0.2) is 0 Å². The smallest absolute Gasteiger partial charge is 0.229 e. The lowest BCUT2D eigenvalue weighted by Gasteiger charge is -2.12. The zero-order valence-electron chi connectivity index (χ0n) is 11.0. The van der Waals surface area contributed by atoms with Gasteiger partial charge < -0.3 is 10.1 Å². The van der Waals surface area contributed by atoms with E-state index in [2.05, 4.69) is 5.32 Å². The maximum atomic E-state index is 11.9. The molecule has 0 heterocycles. The van der Waals surface area contributed by atoms with Crippen molar-refractivity contribution in [2.45, 2.75) is 24.1 Å². The van der Waals surface area contributed by atoms with Crippen LogP contribution in [0, 0.1) is 5.41 Å². The minimum atomic E-state index is -0.906. The number of ether oxygens (including phenoxy) is 1. The van der Waals surface area contributed by atoms with Gasteiger partial charge in [0.1, 0.15) is 10.1 Å². The summed E-state index contributed by atoms with van der Waals surface area (Å²) in [6, 6.07) is 7.78. The summed E-state index contributed by atoms with van der Waals surface area (Å²) in [7, 11) is 1.64. The Morgan fingerprint density at radius 1 is 1.37 bits per heavy atom. The number of nitrogens with one attached hydrogen (secondary N) is 1. The van der Waals surface area contributed by atoms with Crippen LogP contribution in [-0.4, -0.2) is 23.9 Å². The van der Waals surface area contributed by atoms with Crippen LogP contribution in [0.15, 0.2) is 24.3 Å². The van der Waals surface area contributed by atoms with Crippen LogP contribution in [0.25, 0.3) is 0 Å². The molecule has 1 fully saturated rings. The lowest BCUT2D eigenvalue weighted by Crippen LogP contribution is -2.34. The van der Waals surface area contributed by atoms with Gasteiger partial charge in [-0.15, -0.1) is 23.2 Å². The summed E-state index contributed by atoms with van der Waals surface area (Å²) < 4.78 is 4.18. The largest absolute Gasteiger partial charge is 0.497 e. The Morgan fingerprint density at radius 2 is 1.95 bits per heavy atom. The highest BCUT2D eigenvalue weighted by atomic mass is 35.5. The molecule has 0 bridgehead atoms. The fourth-order valence-electron chi connectivity index (χ4n) is 1.95. The van der Waals surface area contributed by atoms with Crippen LogP contribution < -0.4 is 10.1 Å². The number of hydrogen-bond donors (Lipinski definition) is 1. The molecule has 1 unspecified atom stereocenters. The van der Waals surface area contributed by atoms with E-state index in [-0.39, 0.29) is 5.91 Å². The first kappa shape index (κ1) is 14.5. The second-order valence-electron chi connectivity index (χ2n) is 5.07. The number of rotatable bonds is 5. The molecule has 0 spiro atoms. The topological polar surface area (TPSA) is 38.3 Å². The minimum Gasteiger partial charge on any atom is -0.497 e. The van der Waals surface area contributed by atoms with E-state index in [1.165, 1.54) is 0 Å². The van der Waals surface area contributed by atoms with Gasteiger partial charge in [-0.1, -0.05) is 12.1 Å². The van der Waals surface area contributed by atoms with E-state index in [1.807, 2.05) is 24.3 Å². The van der Waals surface area contributed by atoms with E-state index in [0.29, 0.717) is 13.0 Å². The van der Waals surface area contributed by atoms with Gasteiger partial charge in [0.25, 0.3) is 0 Å². The first-order chi connectivity index (χ1) is 8.89. The average Bonchev–Trinajstić information content (AvgIpc) is 2.91. The normalized spacial score (nSPS) is 23.8. The highest BCUT2D eigenvalue weighted by Gasteiger charge is 2.67. The second-order valence-corrected chi connectivity index (χ2v) is 6.55. The van der Waals surface area contributed by atoms with Crippen molar-refractivity contribution >= 4 is 29.1 Å². The highest BCUT2D eigenvalue weighted by molar-refractivity contribution is 6.53. The van der Waals surface area contributed by atoms with Crippen molar-refractivity contribution in [3.63, 3.8) is 0 Å². The Morgan fingerprint density at radius 3 is 2.42 bits per heavy atom. The molecule has 1 saturated carbocycles. The van der Waals surface area contributed by atoms with Crippen LogP contribution in [0.4, 0.5) is 0 Å². The number of halogens is 2. The van der Waals surface area contributed by atoms with E-state index in [1.54, 1.807) is 14.0 Å². The van der Waals surface area contributed by atoms with Gasteiger partial charge in [-0.05, 0) is 37.5 Å². The molecular weight excluding hydrogens is 285 g/mol. The Labute approximate surface area is 123 Å². The molecule has 1 aliphatic rings. The number of benzene rings is 1. The second kappa shape index (κ2) is 5.22. The fraction of sp³-hybridized carbons (Fsp3) is 0.500. The number of methoxy groups -OCH3 is 1. The van der Waals surface area contributed by atoms with E-state index in [0.717, 1.165) is 17.7 Å². The molecule has 1 aromatic rings. The summed E-state index contributed by atoms with van der Waals surface area (Å²) in [4.78, 5) is 11.9. The van der Waals surface area contributed by atoms with E-state index in [4.69, 9.17) is 27.9 Å². The lowest BCUT2D eigenvalue weighted by atomic mass is 10.1. The summed E-state index contributed by atoms with van der Waals surface area (Å²) >= 11 is 11.9. The van der Waals surface area contributed by atoms with Crippen molar-refractivity contribution in [1.82, 2.24) is 5.32 Å². The lowest BCUT2D eigenvalue weighted by molar-refractivity contribution is -0.125. The molecule has 19 heavy (non-hydrogen) atoms. The van der Waals surface area contributed by atoms with Gasteiger partial charge >= 0.3 is 0 Å². The van der Waals surface area contributed by atoms with Crippen molar-refractivity contribution in [2.75, 3.05) is 13.7 Å². The third-order valence-electron chi connectivity index (χ3n) is 3.62. The zero-order valence-corrected chi connectivity index (χ0v) is 12.5. The monoisotopic (exact) mass is 301 g/mol. The van der Waals surface area contributed by atoms with Crippen molar-refractivity contribution < 1.29 is 9.53 Å². The van der Waals surface area contributed by atoms with Gasteiger partial charge in [0.2, 0.25) is 5.91 Å². The van der Waals surface area contributed by atoms with E-state index < -0.39 is 9.75 Å². The number of alkyl halides is 2. The fourth-order valence-corrected chi connectivity index (χ4v) is 2.66. The van der Waals surface area contributed by atoms with Crippen molar-refractivity contribution in [3.8, 4) is 5.75 Å².